The number of hydrogen-bond donors (Lipinski definition) is 3. The van der Waals surface area contributed by atoms with Gasteiger partial charge in [0, 0.05) is 48.9 Å². The van der Waals surface area contributed by atoms with E-state index in [1.54, 1.807) is 0 Å². The number of fused-ring (bicyclic) bond motifs is 2. The van der Waals surface area contributed by atoms with Gasteiger partial charge in [0.15, 0.2) is 0 Å². The van der Waals surface area contributed by atoms with Crippen molar-refractivity contribution in [3.63, 3.8) is 0 Å². The monoisotopic (exact) mass is 433 g/mol. The maximum atomic E-state index is 12.9. The Kier molecular flexibility index (Phi) is 6.88. The molecular weight excluding hydrogens is 401 g/mol. The SMILES string of the molecule is CCN(CC)C(=O)[C@@H]1C=C2c3cccc4[nH]cc(c34)C[C@H]2N(C)C1.CCP(=O)(O)O. The number of aromatic nitrogens is 1. The van der Waals surface area contributed by atoms with Gasteiger partial charge < -0.3 is 19.7 Å². The molecule has 30 heavy (non-hydrogen) atoms. The number of hydrogen-bond acceptors (Lipinski definition) is 3. The van der Waals surface area contributed by atoms with E-state index in [1.165, 1.54) is 34.5 Å². The lowest BCUT2D eigenvalue weighted by Crippen LogP contribution is -2.47. The largest absolute Gasteiger partial charge is 0.361 e. The van der Waals surface area contributed by atoms with Crippen LogP contribution in [0.5, 0.6) is 0 Å². The summed E-state index contributed by atoms with van der Waals surface area (Å²) in [5, 5.41) is 1.34. The van der Waals surface area contributed by atoms with Crippen molar-refractivity contribution in [2.24, 2.45) is 5.92 Å². The van der Waals surface area contributed by atoms with Crippen LogP contribution >= 0.6 is 7.60 Å². The number of carbonyl (C=O) groups is 1. The minimum Gasteiger partial charge on any atom is -0.361 e. The molecule has 1 aliphatic carbocycles. The van der Waals surface area contributed by atoms with Gasteiger partial charge in [-0.15, -0.1) is 0 Å². The molecule has 1 aromatic heterocycles. The summed E-state index contributed by atoms with van der Waals surface area (Å²) in [6.45, 7) is 7.91. The van der Waals surface area contributed by atoms with E-state index >= 15 is 0 Å². The average Bonchev–Trinajstić information content (AvgIpc) is 3.14. The first-order valence-corrected chi connectivity index (χ1v) is 12.3. The van der Waals surface area contributed by atoms with Crippen LogP contribution in [-0.2, 0) is 15.8 Å². The minimum absolute atomic E-state index is 0.0445. The molecule has 0 radical (unpaired) electrons. The van der Waals surface area contributed by atoms with Gasteiger partial charge in [0.2, 0.25) is 5.91 Å². The quantitative estimate of drug-likeness (QED) is 0.644. The van der Waals surface area contributed by atoms with Gasteiger partial charge in [0.1, 0.15) is 0 Å². The highest BCUT2D eigenvalue weighted by Gasteiger charge is 2.36. The molecule has 2 aliphatic rings. The maximum Gasteiger partial charge on any atom is 0.325 e. The van der Waals surface area contributed by atoms with Gasteiger partial charge in [-0.3, -0.25) is 14.3 Å². The molecule has 8 heteroatoms. The van der Waals surface area contributed by atoms with Gasteiger partial charge in [-0.2, -0.15) is 0 Å². The first-order valence-electron chi connectivity index (χ1n) is 10.5. The standard InChI is InChI=1S/C20H25N3O.C2H7O3P/c1-4-23(5-2)20(24)14-9-16-15-7-6-8-17-19(15)13(11-21-17)10-18(16)22(3)12-14;1-2-6(3,4)5/h6-9,11,14,18,21H,4-5,10,12H2,1-3H3;2H2,1H3,(H2,3,4,5)/t14-,18-;/m1./s1. The molecule has 0 bridgehead atoms. The van der Waals surface area contributed by atoms with Crippen molar-refractivity contribution in [3.8, 4) is 0 Å². The van der Waals surface area contributed by atoms with E-state index in [2.05, 4.69) is 61.3 Å². The molecule has 164 valence electrons. The number of amides is 1. The maximum absolute atomic E-state index is 12.9. The van der Waals surface area contributed by atoms with Crippen molar-refractivity contribution in [2.45, 2.75) is 33.2 Å². The molecule has 1 aliphatic heterocycles. The van der Waals surface area contributed by atoms with Gasteiger partial charge in [0.05, 0.1) is 5.92 Å². The fourth-order valence-corrected chi connectivity index (χ4v) is 4.38. The molecule has 7 nitrogen and oxygen atoms in total. The topological polar surface area (TPSA) is 96.9 Å². The van der Waals surface area contributed by atoms with Crippen LogP contribution in [0.4, 0.5) is 0 Å². The molecule has 3 N–H and O–H groups in total. The summed E-state index contributed by atoms with van der Waals surface area (Å²) in [5.41, 5.74) is 5.21. The van der Waals surface area contributed by atoms with Gasteiger partial charge in [-0.1, -0.05) is 25.1 Å². The Morgan fingerprint density at radius 3 is 2.53 bits per heavy atom. The number of aromatic amines is 1. The highest BCUT2D eigenvalue weighted by molar-refractivity contribution is 7.51. The third kappa shape index (κ3) is 4.54. The molecule has 0 unspecified atom stereocenters. The summed E-state index contributed by atoms with van der Waals surface area (Å²) in [6.07, 6.45) is 5.35. The van der Waals surface area contributed by atoms with Gasteiger partial charge >= 0.3 is 7.60 Å². The van der Waals surface area contributed by atoms with E-state index in [0.29, 0.717) is 6.04 Å². The van der Waals surface area contributed by atoms with E-state index in [1.807, 2.05) is 4.90 Å². The number of likely N-dealkylation sites (N-methyl/N-ethyl adjacent to an activating group) is 1. The zero-order valence-corrected chi connectivity index (χ0v) is 19.0. The molecule has 2 atom stereocenters. The van der Waals surface area contributed by atoms with Crippen LogP contribution in [0.3, 0.4) is 0 Å². The van der Waals surface area contributed by atoms with Crippen molar-refractivity contribution in [1.82, 2.24) is 14.8 Å². The molecule has 4 rings (SSSR count). The summed E-state index contributed by atoms with van der Waals surface area (Å²) in [7, 11) is -1.50. The van der Waals surface area contributed by atoms with Crippen LogP contribution < -0.4 is 0 Å². The van der Waals surface area contributed by atoms with Crippen molar-refractivity contribution in [3.05, 3.63) is 41.6 Å². The number of rotatable bonds is 4. The third-order valence-electron chi connectivity index (χ3n) is 6.07. The van der Waals surface area contributed by atoms with Gasteiger partial charge in [0.25, 0.3) is 0 Å². The van der Waals surface area contributed by atoms with Crippen LogP contribution in [0.25, 0.3) is 16.5 Å². The summed E-state index contributed by atoms with van der Waals surface area (Å²) in [6, 6.07) is 6.82. The molecule has 0 saturated carbocycles. The first-order chi connectivity index (χ1) is 14.2. The number of nitrogens with one attached hydrogen (secondary N) is 1. The van der Waals surface area contributed by atoms with Gasteiger partial charge in [-0.05, 0) is 50.1 Å². The Hall–Kier alpha value is -1.92. The summed E-state index contributed by atoms with van der Waals surface area (Å²) >= 11 is 0. The van der Waals surface area contributed by atoms with Crippen LogP contribution in [0.2, 0.25) is 0 Å². The van der Waals surface area contributed by atoms with E-state index in [4.69, 9.17) is 9.79 Å². The lowest BCUT2D eigenvalue weighted by atomic mass is 9.79. The second-order valence-electron chi connectivity index (χ2n) is 7.92. The predicted molar refractivity (Wildman–Crippen MR) is 120 cm³/mol. The zero-order chi connectivity index (χ0) is 22.1. The average molecular weight is 433 g/mol. The predicted octanol–water partition coefficient (Wildman–Crippen LogP) is 3.09. The number of benzene rings is 1. The Labute approximate surface area is 177 Å². The molecule has 2 heterocycles. The van der Waals surface area contributed by atoms with Crippen molar-refractivity contribution in [2.75, 3.05) is 32.8 Å². The summed E-state index contributed by atoms with van der Waals surface area (Å²) in [5.74, 6) is 0.210. The highest BCUT2D eigenvalue weighted by atomic mass is 31.2. The van der Waals surface area contributed by atoms with E-state index in [9.17, 15) is 9.36 Å². The number of carbonyl (C=O) groups excluding carboxylic acids is 1. The fraction of sp³-hybridized carbons (Fsp3) is 0.500. The molecule has 0 fully saturated rings. The Bertz CT molecular complexity index is 989. The van der Waals surface area contributed by atoms with Crippen LogP contribution in [0.15, 0.2) is 30.5 Å². The lowest BCUT2D eigenvalue weighted by molar-refractivity contribution is -0.134. The van der Waals surface area contributed by atoms with Crippen molar-refractivity contribution in [1.29, 1.82) is 0 Å². The van der Waals surface area contributed by atoms with E-state index in [0.717, 1.165) is 26.1 Å². The molecule has 2 aromatic rings. The Morgan fingerprint density at radius 1 is 1.27 bits per heavy atom. The molecule has 1 aromatic carbocycles. The second kappa shape index (κ2) is 9.06. The van der Waals surface area contributed by atoms with Crippen LogP contribution in [0.1, 0.15) is 31.9 Å². The summed E-state index contributed by atoms with van der Waals surface area (Å²) < 4.78 is 9.69. The molecule has 0 saturated heterocycles. The molecule has 0 spiro atoms. The van der Waals surface area contributed by atoms with E-state index < -0.39 is 7.60 Å². The smallest absolute Gasteiger partial charge is 0.325 e. The highest BCUT2D eigenvalue weighted by Crippen LogP contribution is 2.41. The minimum atomic E-state index is -3.65. The van der Waals surface area contributed by atoms with Gasteiger partial charge in [-0.25, -0.2) is 0 Å². The normalized spacial score (nSPS) is 20.8. The lowest BCUT2D eigenvalue weighted by Gasteiger charge is -2.40. The first kappa shape index (κ1) is 22.8. The van der Waals surface area contributed by atoms with Crippen LogP contribution in [-0.4, -0.2) is 69.4 Å². The van der Waals surface area contributed by atoms with E-state index in [-0.39, 0.29) is 18.0 Å². The van der Waals surface area contributed by atoms with Crippen LogP contribution in [0, 0.1) is 5.92 Å². The number of nitrogens with zero attached hydrogens (tertiary/aromatic N) is 2. The molecular formula is C22H32N3O4P. The Morgan fingerprint density at radius 2 is 1.93 bits per heavy atom. The zero-order valence-electron chi connectivity index (χ0n) is 18.1. The third-order valence-corrected chi connectivity index (χ3v) is 6.90. The summed E-state index contributed by atoms with van der Waals surface area (Å²) in [4.78, 5) is 36.4. The Balaban J connectivity index is 0.000000377. The molecule has 1 amide bonds. The van der Waals surface area contributed by atoms with Crippen molar-refractivity contribution < 1.29 is 19.1 Å². The fourth-order valence-electron chi connectivity index (χ4n) is 4.38. The second-order valence-corrected chi connectivity index (χ2v) is 9.88. The van der Waals surface area contributed by atoms with Crippen molar-refractivity contribution >= 4 is 30.0 Å². The number of H-pyrrole nitrogens is 1.